The maximum Gasteiger partial charge on any atom is 0.188 e. The van der Waals surface area contributed by atoms with Gasteiger partial charge in [0.2, 0.25) is 0 Å². The minimum Gasteiger partial charge on any atom is -0.493 e. The minimum atomic E-state index is -0.204. The zero-order valence-electron chi connectivity index (χ0n) is 17.4. The Kier molecular flexibility index (Phi) is 6.49. The van der Waals surface area contributed by atoms with Gasteiger partial charge in [0.15, 0.2) is 23.8 Å². The van der Waals surface area contributed by atoms with E-state index in [1.54, 1.807) is 26.4 Å². The molecule has 0 N–H and O–H groups in total. The molecule has 1 aliphatic rings. The maximum absolute atomic E-state index is 14.4. The third-order valence-corrected chi connectivity index (χ3v) is 6.23. The molecule has 6 heteroatoms. The third kappa shape index (κ3) is 4.56. The van der Waals surface area contributed by atoms with Gasteiger partial charge in [-0.2, -0.15) is 0 Å². The standard InChI is InChI=1S/C25H23Cl2FNO2/c1-30-24-12-16-9-10-29(15-18-5-3-4-6-22(18)28)23(20(16)14-25(24)31-2)11-17-7-8-19(26)13-21(17)27/h3-8,12-14H,9-11,15H2,1-2H3/q+1. The van der Waals surface area contributed by atoms with Crippen LogP contribution in [-0.4, -0.2) is 31.1 Å². The Bertz CT molecular complexity index is 1160. The van der Waals surface area contributed by atoms with Crippen LogP contribution in [0.2, 0.25) is 10.0 Å². The van der Waals surface area contributed by atoms with Gasteiger partial charge in [0.25, 0.3) is 0 Å². The van der Waals surface area contributed by atoms with E-state index in [1.165, 1.54) is 11.6 Å². The fraction of sp³-hybridized carbons (Fsp3) is 0.240. The van der Waals surface area contributed by atoms with Crippen molar-refractivity contribution in [2.24, 2.45) is 0 Å². The molecule has 3 nitrogen and oxygen atoms in total. The second-order valence-corrected chi connectivity index (χ2v) is 8.33. The molecule has 0 radical (unpaired) electrons. The van der Waals surface area contributed by atoms with E-state index in [9.17, 15) is 4.39 Å². The molecule has 0 bridgehead atoms. The molecule has 0 saturated carbocycles. The molecule has 0 spiro atoms. The number of fused-ring (bicyclic) bond motifs is 1. The lowest BCUT2D eigenvalue weighted by molar-refractivity contribution is -0.545. The highest BCUT2D eigenvalue weighted by molar-refractivity contribution is 6.35. The van der Waals surface area contributed by atoms with E-state index in [4.69, 9.17) is 32.7 Å². The Morgan fingerprint density at radius 1 is 0.935 bits per heavy atom. The predicted octanol–water partition coefficient (Wildman–Crippen LogP) is 5.95. The Morgan fingerprint density at radius 2 is 1.68 bits per heavy atom. The molecule has 3 aromatic rings. The van der Waals surface area contributed by atoms with Crippen molar-refractivity contribution in [3.8, 4) is 11.5 Å². The summed E-state index contributed by atoms with van der Waals surface area (Å²) in [7, 11) is 3.26. The highest BCUT2D eigenvalue weighted by Gasteiger charge is 2.29. The summed E-state index contributed by atoms with van der Waals surface area (Å²) in [5, 5.41) is 1.20. The Balaban J connectivity index is 1.85. The molecule has 0 atom stereocenters. The van der Waals surface area contributed by atoms with Gasteiger partial charge in [-0.3, -0.25) is 0 Å². The summed E-state index contributed by atoms with van der Waals surface area (Å²) in [5.41, 5.74) is 4.91. The van der Waals surface area contributed by atoms with Gasteiger partial charge in [-0.1, -0.05) is 41.4 Å². The molecular formula is C25H23Cl2FNO2+. The maximum atomic E-state index is 14.4. The van der Waals surface area contributed by atoms with Gasteiger partial charge in [0.05, 0.1) is 26.2 Å². The van der Waals surface area contributed by atoms with Crippen LogP contribution in [0.1, 0.15) is 22.3 Å². The van der Waals surface area contributed by atoms with Gasteiger partial charge in [0, 0.05) is 22.0 Å². The Hall–Kier alpha value is -2.56. The second-order valence-electron chi connectivity index (χ2n) is 7.49. The largest absolute Gasteiger partial charge is 0.493 e. The van der Waals surface area contributed by atoms with Crippen LogP contribution in [0, 0.1) is 5.82 Å². The fourth-order valence-electron chi connectivity index (χ4n) is 4.02. The normalized spacial score (nSPS) is 13.2. The average molecular weight is 459 g/mol. The van der Waals surface area contributed by atoms with E-state index in [2.05, 4.69) is 4.58 Å². The van der Waals surface area contributed by atoms with Crippen molar-refractivity contribution in [3.05, 3.63) is 92.7 Å². The van der Waals surface area contributed by atoms with E-state index < -0.39 is 0 Å². The van der Waals surface area contributed by atoms with E-state index in [-0.39, 0.29) is 5.82 Å². The van der Waals surface area contributed by atoms with Crippen LogP contribution in [0.25, 0.3) is 0 Å². The van der Waals surface area contributed by atoms with Gasteiger partial charge in [-0.25, -0.2) is 8.97 Å². The van der Waals surface area contributed by atoms with Crippen molar-refractivity contribution < 1.29 is 18.4 Å². The molecule has 4 rings (SSSR count). The number of hydrogen-bond donors (Lipinski definition) is 0. The Morgan fingerprint density at radius 3 is 2.39 bits per heavy atom. The van der Waals surface area contributed by atoms with E-state index in [1.807, 2.05) is 36.4 Å². The van der Waals surface area contributed by atoms with Crippen LogP contribution >= 0.6 is 23.2 Å². The van der Waals surface area contributed by atoms with Crippen molar-refractivity contribution in [1.29, 1.82) is 0 Å². The van der Waals surface area contributed by atoms with Gasteiger partial charge in [0.1, 0.15) is 12.4 Å². The number of methoxy groups -OCH3 is 2. The highest BCUT2D eigenvalue weighted by atomic mass is 35.5. The van der Waals surface area contributed by atoms with Crippen LogP contribution < -0.4 is 9.47 Å². The first-order valence-corrected chi connectivity index (χ1v) is 10.8. The lowest BCUT2D eigenvalue weighted by atomic mass is 9.91. The molecule has 31 heavy (non-hydrogen) atoms. The molecular weight excluding hydrogens is 436 g/mol. The van der Waals surface area contributed by atoms with Crippen LogP contribution in [0.15, 0.2) is 54.6 Å². The van der Waals surface area contributed by atoms with E-state index in [0.717, 1.165) is 29.8 Å². The number of hydrogen-bond acceptors (Lipinski definition) is 2. The summed E-state index contributed by atoms with van der Waals surface area (Å²) >= 11 is 12.6. The topological polar surface area (TPSA) is 21.5 Å². The quantitative estimate of drug-likeness (QED) is 0.425. The fourth-order valence-corrected chi connectivity index (χ4v) is 4.49. The zero-order chi connectivity index (χ0) is 22.0. The average Bonchev–Trinajstić information content (AvgIpc) is 2.77. The second kappa shape index (κ2) is 9.29. The number of ether oxygens (including phenoxy) is 2. The van der Waals surface area contributed by atoms with E-state index in [0.29, 0.717) is 40.1 Å². The van der Waals surface area contributed by atoms with Crippen molar-refractivity contribution in [1.82, 2.24) is 0 Å². The van der Waals surface area contributed by atoms with Gasteiger partial charge < -0.3 is 9.47 Å². The summed E-state index contributed by atoms with van der Waals surface area (Å²) in [6, 6.07) is 16.4. The molecule has 0 saturated heterocycles. The molecule has 0 fully saturated rings. The number of rotatable bonds is 6. The molecule has 0 unspecified atom stereocenters. The van der Waals surface area contributed by atoms with Gasteiger partial charge in [-0.05, 0) is 47.5 Å². The molecule has 3 aromatic carbocycles. The third-order valence-electron chi connectivity index (χ3n) is 5.65. The predicted molar refractivity (Wildman–Crippen MR) is 123 cm³/mol. The number of benzene rings is 3. The Labute approximate surface area is 191 Å². The summed E-state index contributed by atoms with van der Waals surface area (Å²) in [6.07, 6.45) is 1.41. The van der Waals surface area contributed by atoms with Gasteiger partial charge >= 0.3 is 0 Å². The number of nitrogens with zero attached hydrogens (tertiary/aromatic N) is 1. The lowest BCUT2D eigenvalue weighted by Crippen LogP contribution is -2.31. The lowest BCUT2D eigenvalue weighted by Gasteiger charge is -2.21. The SMILES string of the molecule is COc1cc2c(cc1OC)C(Cc1ccc(Cl)cc1Cl)=[N+](Cc1ccccc1F)CC2. The first-order chi connectivity index (χ1) is 15.0. The first kappa shape index (κ1) is 21.7. The van der Waals surface area contributed by atoms with Crippen molar-refractivity contribution >= 4 is 28.9 Å². The summed E-state index contributed by atoms with van der Waals surface area (Å²) in [6.45, 7) is 1.23. The molecule has 160 valence electrons. The monoisotopic (exact) mass is 458 g/mol. The van der Waals surface area contributed by atoms with Crippen LogP contribution in [0.3, 0.4) is 0 Å². The van der Waals surface area contributed by atoms with Crippen molar-refractivity contribution in [2.75, 3.05) is 20.8 Å². The molecule has 1 heterocycles. The molecule has 0 amide bonds. The van der Waals surface area contributed by atoms with Crippen molar-refractivity contribution in [2.45, 2.75) is 19.4 Å². The van der Waals surface area contributed by atoms with Crippen LogP contribution in [-0.2, 0) is 19.4 Å². The molecule has 0 aliphatic carbocycles. The summed E-state index contributed by atoms with van der Waals surface area (Å²) in [4.78, 5) is 0. The van der Waals surface area contributed by atoms with Crippen LogP contribution in [0.4, 0.5) is 4.39 Å². The number of halogens is 3. The smallest absolute Gasteiger partial charge is 0.188 e. The summed E-state index contributed by atoms with van der Waals surface area (Å²) in [5.74, 6) is 1.16. The highest BCUT2D eigenvalue weighted by Crippen LogP contribution is 2.34. The van der Waals surface area contributed by atoms with Crippen molar-refractivity contribution in [3.63, 3.8) is 0 Å². The molecule has 0 aromatic heterocycles. The minimum absolute atomic E-state index is 0.204. The first-order valence-electron chi connectivity index (χ1n) is 10.0. The van der Waals surface area contributed by atoms with Crippen LogP contribution in [0.5, 0.6) is 11.5 Å². The summed E-state index contributed by atoms with van der Waals surface area (Å²) < 4.78 is 27.7. The molecule has 1 aliphatic heterocycles. The van der Waals surface area contributed by atoms with Gasteiger partial charge in [-0.15, -0.1) is 0 Å². The van der Waals surface area contributed by atoms with E-state index >= 15 is 0 Å². The zero-order valence-corrected chi connectivity index (χ0v) is 18.9.